The highest BCUT2D eigenvalue weighted by Gasteiger charge is 2.65. The second-order valence-corrected chi connectivity index (χ2v) is 6.63. The van der Waals surface area contributed by atoms with Crippen molar-refractivity contribution in [2.75, 3.05) is 0 Å². The summed E-state index contributed by atoms with van der Waals surface area (Å²) in [6.45, 7) is 0.0898. The van der Waals surface area contributed by atoms with Gasteiger partial charge in [-0.2, -0.15) is 18.3 Å². The minimum Gasteiger partial charge on any atom is -0.492 e. The van der Waals surface area contributed by atoms with E-state index in [2.05, 4.69) is 16.1 Å². The van der Waals surface area contributed by atoms with Gasteiger partial charge in [-0.3, -0.25) is 5.43 Å². The summed E-state index contributed by atoms with van der Waals surface area (Å²) in [5, 5.41) is 3.91. The lowest BCUT2D eigenvalue weighted by Gasteiger charge is -2.39. The highest BCUT2D eigenvalue weighted by atomic mass is 19.4. The lowest BCUT2D eigenvalue weighted by atomic mass is 9.72. The molecule has 2 N–H and O–H groups in total. The van der Waals surface area contributed by atoms with Gasteiger partial charge in [0.25, 0.3) is 0 Å². The Labute approximate surface area is 143 Å². The third-order valence-electron chi connectivity index (χ3n) is 4.85. The number of halogens is 3. The minimum absolute atomic E-state index is 0.0301. The van der Waals surface area contributed by atoms with Crippen molar-refractivity contribution in [3.05, 3.63) is 59.5 Å². The highest BCUT2D eigenvalue weighted by molar-refractivity contribution is 6.08. The standard InChI is InChI=1S/C18H18F3N3O/c19-18(20,21)17(10-12-6-7-12)15(9-8-14-16(17)23-24-22-14)25-11-13-4-2-1-3-5-13/h1-5,8-9,12,22,24H,6-7,10-11H2. The molecule has 2 aliphatic carbocycles. The Balaban J connectivity index is 1.70. The predicted molar refractivity (Wildman–Crippen MR) is 86.9 cm³/mol. The maximum Gasteiger partial charge on any atom is 0.407 e. The molecule has 0 spiro atoms. The van der Waals surface area contributed by atoms with Crippen molar-refractivity contribution in [1.29, 1.82) is 0 Å². The first-order chi connectivity index (χ1) is 12.0. The number of hydrazone groups is 1. The summed E-state index contributed by atoms with van der Waals surface area (Å²) >= 11 is 0. The molecular formula is C18H18F3N3O. The Kier molecular flexibility index (Phi) is 3.74. The van der Waals surface area contributed by atoms with E-state index in [0.29, 0.717) is 5.70 Å². The Hall–Kier alpha value is -2.44. The molecule has 1 aliphatic heterocycles. The number of nitrogens with zero attached hydrogens (tertiary/aromatic N) is 1. The first kappa shape index (κ1) is 16.1. The SMILES string of the molecule is FC(F)(F)C1(CC2CC2)C(OCc2ccccc2)=CC=C2NNN=C21. The first-order valence-corrected chi connectivity index (χ1v) is 8.26. The molecule has 0 bridgehead atoms. The van der Waals surface area contributed by atoms with Crippen LogP contribution in [-0.2, 0) is 11.3 Å². The molecule has 0 aromatic heterocycles. The zero-order valence-corrected chi connectivity index (χ0v) is 13.4. The minimum atomic E-state index is -4.50. The molecule has 4 nitrogen and oxygen atoms in total. The Morgan fingerprint density at radius 3 is 2.60 bits per heavy atom. The molecule has 132 valence electrons. The van der Waals surface area contributed by atoms with E-state index < -0.39 is 11.6 Å². The quantitative estimate of drug-likeness (QED) is 0.850. The van der Waals surface area contributed by atoms with E-state index >= 15 is 0 Å². The van der Waals surface area contributed by atoms with Crippen molar-refractivity contribution in [3.63, 3.8) is 0 Å². The highest BCUT2D eigenvalue weighted by Crippen LogP contribution is 2.56. The summed E-state index contributed by atoms with van der Waals surface area (Å²) in [4.78, 5) is 0. The molecule has 4 rings (SSSR count). The van der Waals surface area contributed by atoms with Crippen molar-refractivity contribution in [2.24, 2.45) is 16.4 Å². The van der Waals surface area contributed by atoms with Gasteiger partial charge in [0.15, 0.2) is 5.41 Å². The zero-order chi connectivity index (χ0) is 17.5. The van der Waals surface area contributed by atoms with E-state index in [1.54, 1.807) is 6.08 Å². The molecular weight excluding hydrogens is 331 g/mol. The molecule has 3 aliphatic rings. The molecule has 1 atom stereocenters. The van der Waals surface area contributed by atoms with Gasteiger partial charge in [0.2, 0.25) is 0 Å². The molecule has 25 heavy (non-hydrogen) atoms. The third-order valence-corrected chi connectivity index (χ3v) is 4.85. The number of benzene rings is 1. The average molecular weight is 349 g/mol. The smallest absolute Gasteiger partial charge is 0.407 e. The van der Waals surface area contributed by atoms with E-state index in [-0.39, 0.29) is 30.4 Å². The van der Waals surface area contributed by atoms with Crippen LogP contribution in [0.15, 0.2) is 59.0 Å². The summed E-state index contributed by atoms with van der Waals surface area (Å²) in [6, 6.07) is 9.19. The lowest BCUT2D eigenvalue weighted by molar-refractivity contribution is -0.200. The van der Waals surface area contributed by atoms with Crippen molar-refractivity contribution in [3.8, 4) is 0 Å². The number of rotatable bonds is 5. The van der Waals surface area contributed by atoms with Crippen molar-refractivity contribution >= 4 is 5.71 Å². The van der Waals surface area contributed by atoms with Gasteiger partial charge in [-0.05, 0) is 30.1 Å². The van der Waals surface area contributed by atoms with Crippen LogP contribution in [0, 0.1) is 11.3 Å². The molecule has 1 unspecified atom stereocenters. The predicted octanol–water partition coefficient (Wildman–Crippen LogP) is 3.80. The van der Waals surface area contributed by atoms with Crippen molar-refractivity contribution in [2.45, 2.75) is 32.0 Å². The first-order valence-electron chi connectivity index (χ1n) is 8.26. The number of allylic oxidation sites excluding steroid dienone is 4. The molecule has 0 radical (unpaired) electrons. The van der Waals surface area contributed by atoms with E-state index in [1.165, 1.54) is 6.08 Å². The van der Waals surface area contributed by atoms with Crippen LogP contribution in [0.5, 0.6) is 0 Å². The van der Waals surface area contributed by atoms with Crippen LogP contribution in [0.4, 0.5) is 13.2 Å². The summed E-state index contributed by atoms with van der Waals surface area (Å²) < 4.78 is 48.7. The third kappa shape index (κ3) is 2.77. The van der Waals surface area contributed by atoms with Crippen LogP contribution in [0.3, 0.4) is 0 Å². The fourth-order valence-corrected chi connectivity index (χ4v) is 3.38. The van der Waals surface area contributed by atoms with Gasteiger partial charge in [0, 0.05) is 0 Å². The topological polar surface area (TPSA) is 45.6 Å². The van der Waals surface area contributed by atoms with Gasteiger partial charge in [0.05, 0.1) is 5.70 Å². The number of ether oxygens (including phenoxy) is 1. The van der Waals surface area contributed by atoms with Gasteiger partial charge < -0.3 is 4.74 Å². The molecule has 1 fully saturated rings. The van der Waals surface area contributed by atoms with Gasteiger partial charge >= 0.3 is 6.18 Å². The van der Waals surface area contributed by atoms with Crippen LogP contribution in [0.25, 0.3) is 0 Å². The lowest BCUT2D eigenvalue weighted by Crippen LogP contribution is -2.49. The van der Waals surface area contributed by atoms with Gasteiger partial charge in [-0.15, -0.1) is 0 Å². The maximum atomic E-state index is 14.3. The van der Waals surface area contributed by atoms with E-state index in [9.17, 15) is 13.2 Å². The van der Waals surface area contributed by atoms with Gasteiger partial charge in [-0.1, -0.05) is 43.2 Å². The van der Waals surface area contributed by atoms with E-state index in [4.69, 9.17) is 4.74 Å². The van der Waals surface area contributed by atoms with Crippen LogP contribution in [0.1, 0.15) is 24.8 Å². The summed E-state index contributed by atoms with van der Waals surface area (Å²) in [7, 11) is 0. The largest absolute Gasteiger partial charge is 0.492 e. The second kappa shape index (κ2) is 5.82. The second-order valence-electron chi connectivity index (χ2n) is 6.63. The van der Waals surface area contributed by atoms with Crippen LogP contribution in [-0.4, -0.2) is 11.9 Å². The van der Waals surface area contributed by atoms with Crippen LogP contribution >= 0.6 is 0 Å². The molecule has 0 saturated heterocycles. The summed E-state index contributed by atoms with van der Waals surface area (Å²) in [6.07, 6.45) is 0.109. The number of fused-ring (bicyclic) bond motifs is 1. The number of hydrogen-bond acceptors (Lipinski definition) is 4. The van der Waals surface area contributed by atoms with Crippen molar-refractivity contribution in [1.82, 2.24) is 11.0 Å². The molecule has 0 amide bonds. The normalized spacial score (nSPS) is 25.2. The summed E-state index contributed by atoms with van der Waals surface area (Å²) in [5.41, 5.74) is 4.08. The van der Waals surface area contributed by atoms with Gasteiger partial charge in [0.1, 0.15) is 18.1 Å². The number of hydrogen-bond donors (Lipinski definition) is 2. The van der Waals surface area contributed by atoms with Gasteiger partial charge in [-0.25, -0.2) is 5.53 Å². The molecule has 7 heteroatoms. The molecule has 1 aromatic carbocycles. The average Bonchev–Trinajstić information content (AvgIpc) is 3.27. The summed E-state index contributed by atoms with van der Waals surface area (Å²) in [5.74, 6) is -0.0308. The monoisotopic (exact) mass is 349 g/mol. The molecule has 1 saturated carbocycles. The number of nitrogens with one attached hydrogen (secondary N) is 2. The van der Waals surface area contributed by atoms with Crippen LogP contribution < -0.4 is 11.0 Å². The van der Waals surface area contributed by atoms with E-state index in [1.807, 2.05) is 30.3 Å². The fraction of sp³-hybridized carbons (Fsp3) is 0.389. The Morgan fingerprint density at radius 1 is 1.16 bits per heavy atom. The molecule has 1 aromatic rings. The Morgan fingerprint density at radius 2 is 1.92 bits per heavy atom. The fourth-order valence-electron chi connectivity index (χ4n) is 3.38. The number of hydrazine groups is 1. The Bertz CT molecular complexity index is 751. The number of alkyl halides is 3. The van der Waals surface area contributed by atoms with Crippen molar-refractivity contribution < 1.29 is 17.9 Å². The molecule has 1 heterocycles. The zero-order valence-electron chi connectivity index (χ0n) is 13.4. The van der Waals surface area contributed by atoms with Crippen LogP contribution in [0.2, 0.25) is 0 Å². The van der Waals surface area contributed by atoms with E-state index in [0.717, 1.165) is 18.4 Å². The maximum absolute atomic E-state index is 14.3.